The fraction of sp³-hybridized carbons (Fsp3) is 0.700. The van der Waals surface area contributed by atoms with Crippen LogP contribution in [0.15, 0.2) is 11.6 Å². The van der Waals surface area contributed by atoms with Crippen LogP contribution in [0.25, 0.3) is 0 Å². The Morgan fingerprint density at radius 1 is 1.50 bits per heavy atom. The first-order chi connectivity index (χ1) is 8.20. The Morgan fingerprint density at radius 2 is 2.22 bits per heavy atom. The second-order valence-electron chi connectivity index (χ2n) is 5.12. The molecule has 1 aromatic rings. The van der Waals surface area contributed by atoms with Gasteiger partial charge in [0.15, 0.2) is 0 Å². The lowest BCUT2D eigenvalue weighted by Gasteiger charge is -2.23. The number of halogens is 2. The largest absolute Gasteiger partial charge is 0.281 e. The third kappa shape index (κ3) is 3.38. The molecule has 1 aliphatic carbocycles. The van der Waals surface area contributed by atoms with Crippen molar-refractivity contribution < 1.29 is 17.2 Å². The molecule has 1 saturated carbocycles. The van der Waals surface area contributed by atoms with Crippen LogP contribution in [-0.4, -0.2) is 24.5 Å². The first-order valence-corrected chi connectivity index (χ1v) is 7.96. The highest BCUT2D eigenvalue weighted by Gasteiger charge is 2.48. The van der Waals surface area contributed by atoms with E-state index >= 15 is 0 Å². The Balaban J connectivity index is 2.05. The number of alkyl halides is 2. The van der Waals surface area contributed by atoms with E-state index in [1.807, 2.05) is 0 Å². The molecule has 0 saturated heterocycles. The standard InChI is InChI=1S/C10H14F2N2O2S2/c1-9(2-3-10(11,12)6-9)7-18(15,16)14-8-4-13-17-5-8/h4-5,14H,2-3,6-7H2,1H3. The van der Waals surface area contributed by atoms with Crippen LogP contribution in [0.5, 0.6) is 0 Å². The zero-order valence-electron chi connectivity index (χ0n) is 9.82. The molecule has 8 heteroatoms. The SMILES string of the molecule is CC1(CS(=O)(=O)Nc2cnsc2)CCC(F)(F)C1. The van der Waals surface area contributed by atoms with Gasteiger partial charge in [-0.05, 0) is 23.4 Å². The molecule has 1 N–H and O–H groups in total. The molecule has 0 amide bonds. The van der Waals surface area contributed by atoms with Crippen molar-refractivity contribution in [3.05, 3.63) is 11.6 Å². The summed E-state index contributed by atoms with van der Waals surface area (Å²) in [6.45, 7) is 1.60. The molecular weight excluding hydrogens is 282 g/mol. The summed E-state index contributed by atoms with van der Waals surface area (Å²) in [4.78, 5) is 0. The van der Waals surface area contributed by atoms with Gasteiger partial charge in [-0.3, -0.25) is 4.72 Å². The summed E-state index contributed by atoms with van der Waals surface area (Å²) in [5, 5.41) is 1.56. The number of rotatable bonds is 4. The molecular formula is C10H14F2N2O2S2. The molecule has 0 aliphatic heterocycles. The molecule has 18 heavy (non-hydrogen) atoms. The minimum Gasteiger partial charge on any atom is -0.281 e. The predicted octanol–water partition coefficient (Wildman–Crippen LogP) is 2.71. The zero-order chi connectivity index (χ0) is 13.4. The molecule has 2 rings (SSSR count). The van der Waals surface area contributed by atoms with E-state index in [9.17, 15) is 17.2 Å². The Morgan fingerprint density at radius 3 is 2.72 bits per heavy atom. The van der Waals surface area contributed by atoms with Crippen molar-refractivity contribution in [2.45, 2.75) is 32.1 Å². The summed E-state index contributed by atoms with van der Waals surface area (Å²) >= 11 is 1.12. The summed E-state index contributed by atoms with van der Waals surface area (Å²) < 4.78 is 56.2. The van der Waals surface area contributed by atoms with E-state index in [1.165, 1.54) is 6.20 Å². The quantitative estimate of drug-likeness (QED) is 0.929. The van der Waals surface area contributed by atoms with Gasteiger partial charge in [0.1, 0.15) is 0 Å². The van der Waals surface area contributed by atoms with Crippen LogP contribution in [0.4, 0.5) is 14.5 Å². The van der Waals surface area contributed by atoms with Gasteiger partial charge in [-0.1, -0.05) is 6.92 Å². The van der Waals surface area contributed by atoms with E-state index < -0.39 is 21.4 Å². The van der Waals surface area contributed by atoms with E-state index in [0.29, 0.717) is 5.69 Å². The lowest BCUT2D eigenvalue weighted by molar-refractivity contribution is -0.000188. The second kappa shape index (κ2) is 4.41. The van der Waals surface area contributed by atoms with Gasteiger partial charge in [0.25, 0.3) is 0 Å². The highest BCUT2D eigenvalue weighted by Crippen LogP contribution is 2.47. The van der Waals surface area contributed by atoms with Crippen LogP contribution in [0, 0.1) is 5.41 Å². The fourth-order valence-electron chi connectivity index (χ4n) is 2.34. The van der Waals surface area contributed by atoms with Crippen molar-refractivity contribution in [1.29, 1.82) is 0 Å². The molecule has 1 aliphatic rings. The average Bonchev–Trinajstić information content (AvgIpc) is 2.72. The lowest BCUT2D eigenvalue weighted by Crippen LogP contribution is -2.30. The average molecular weight is 296 g/mol. The molecule has 1 aromatic heterocycles. The molecule has 1 fully saturated rings. The third-order valence-corrected chi connectivity index (χ3v) is 5.23. The lowest BCUT2D eigenvalue weighted by atomic mass is 9.91. The number of nitrogens with zero attached hydrogens (tertiary/aromatic N) is 1. The molecule has 0 aromatic carbocycles. The molecule has 1 atom stereocenters. The van der Waals surface area contributed by atoms with Crippen LogP contribution >= 0.6 is 11.5 Å². The molecule has 4 nitrogen and oxygen atoms in total. The summed E-state index contributed by atoms with van der Waals surface area (Å²) in [5.74, 6) is -3.03. The topological polar surface area (TPSA) is 59.1 Å². The number of hydrogen-bond acceptors (Lipinski definition) is 4. The maximum absolute atomic E-state index is 13.2. The Bertz CT molecular complexity index is 516. The summed E-state index contributed by atoms with van der Waals surface area (Å²) in [6, 6.07) is 0. The zero-order valence-corrected chi connectivity index (χ0v) is 11.5. The molecule has 0 spiro atoms. The Kier molecular flexibility index (Phi) is 3.35. The first-order valence-electron chi connectivity index (χ1n) is 5.48. The molecule has 102 valence electrons. The van der Waals surface area contributed by atoms with E-state index in [2.05, 4.69) is 9.10 Å². The van der Waals surface area contributed by atoms with Crippen molar-refractivity contribution >= 4 is 27.2 Å². The van der Waals surface area contributed by atoms with Crippen molar-refractivity contribution in [2.24, 2.45) is 5.41 Å². The van der Waals surface area contributed by atoms with Gasteiger partial charge in [0.2, 0.25) is 15.9 Å². The number of hydrogen-bond donors (Lipinski definition) is 1. The van der Waals surface area contributed by atoms with Crippen LogP contribution in [0.1, 0.15) is 26.2 Å². The number of nitrogens with one attached hydrogen (secondary N) is 1. The fourth-order valence-corrected chi connectivity index (χ4v) is 4.59. The summed E-state index contributed by atoms with van der Waals surface area (Å²) in [5.41, 5.74) is -0.480. The van der Waals surface area contributed by atoms with Gasteiger partial charge >= 0.3 is 0 Å². The van der Waals surface area contributed by atoms with Gasteiger partial charge in [0.05, 0.1) is 17.6 Å². The second-order valence-corrected chi connectivity index (χ2v) is 7.50. The van der Waals surface area contributed by atoms with E-state index in [-0.39, 0.29) is 25.0 Å². The summed E-state index contributed by atoms with van der Waals surface area (Å²) in [6.07, 6.45) is 1.01. The monoisotopic (exact) mass is 296 g/mol. The van der Waals surface area contributed by atoms with Gasteiger partial charge < -0.3 is 0 Å². The van der Waals surface area contributed by atoms with Crippen LogP contribution in [0.2, 0.25) is 0 Å². The Hall–Kier alpha value is -0.760. The minimum absolute atomic E-state index is 0.225. The van der Waals surface area contributed by atoms with Crippen molar-refractivity contribution in [2.75, 3.05) is 10.5 Å². The minimum atomic E-state index is -3.61. The van der Waals surface area contributed by atoms with Gasteiger partial charge in [0, 0.05) is 18.2 Å². The van der Waals surface area contributed by atoms with Crippen LogP contribution < -0.4 is 4.72 Å². The number of anilines is 1. The van der Waals surface area contributed by atoms with Crippen molar-refractivity contribution in [3.8, 4) is 0 Å². The summed E-state index contributed by atoms with van der Waals surface area (Å²) in [7, 11) is -3.61. The molecule has 1 heterocycles. The smallest absolute Gasteiger partial charge is 0.248 e. The number of sulfonamides is 1. The van der Waals surface area contributed by atoms with Gasteiger partial charge in [-0.15, -0.1) is 0 Å². The maximum atomic E-state index is 13.2. The van der Waals surface area contributed by atoms with Gasteiger partial charge in [-0.2, -0.15) is 4.37 Å². The normalized spacial score (nSPS) is 27.3. The molecule has 0 bridgehead atoms. The predicted molar refractivity (Wildman–Crippen MR) is 66.4 cm³/mol. The van der Waals surface area contributed by atoms with E-state index in [4.69, 9.17) is 0 Å². The van der Waals surface area contributed by atoms with Crippen molar-refractivity contribution in [3.63, 3.8) is 0 Å². The first kappa shape index (κ1) is 13.7. The van der Waals surface area contributed by atoms with Crippen molar-refractivity contribution in [1.82, 2.24) is 4.37 Å². The van der Waals surface area contributed by atoms with E-state index in [0.717, 1.165) is 11.5 Å². The van der Waals surface area contributed by atoms with E-state index in [1.54, 1.807) is 12.3 Å². The Labute approximate surface area is 109 Å². The van der Waals surface area contributed by atoms with Crippen LogP contribution in [0.3, 0.4) is 0 Å². The van der Waals surface area contributed by atoms with Crippen LogP contribution in [-0.2, 0) is 10.0 Å². The molecule has 0 radical (unpaired) electrons. The highest BCUT2D eigenvalue weighted by molar-refractivity contribution is 7.92. The van der Waals surface area contributed by atoms with Gasteiger partial charge in [-0.25, -0.2) is 17.2 Å². The maximum Gasteiger partial charge on any atom is 0.248 e. The number of aromatic nitrogens is 1. The third-order valence-electron chi connectivity index (χ3n) is 3.02. The highest BCUT2D eigenvalue weighted by atomic mass is 32.2. The molecule has 1 unspecified atom stereocenters.